The second-order valence-electron chi connectivity index (χ2n) is 5.61. The number of nitrogens with zero attached hydrogens (tertiary/aromatic N) is 2. The van der Waals surface area contributed by atoms with E-state index in [9.17, 15) is 0 Å². The molecule has 2 rings (SSSR count). The molecule has 16 heavy (non-hydrogen) atoms. The van der Waals surface area contributed by atoms with Gasteiger partial charge >= 0.3 is 0 Å². The molecule has 90 valence electrons. The SMILES string of the molecule is CC(C)(C)N1CCCCC1c1cn[nH]c1N. The third-order valence-electron chi connectivity index (χ3n) is 3.42. The molecule has 0 bridgehead atoms. The van der Waals surface area contributed by atoms with Gasteiger partial charge in [-0.15, -0.1) is 0 Å². The Bertz CT molecular complexity index is 350. The summed E-state index contributed by atoms with van der Waals surface area (Å²) in [6.45, 7) is 7.95. The molecule has 4 nitrogen and oxygen atoms in total. The summed E-state index contributed by atoms with van der Waals surface area (Å²) in [4.78, 5) is 2.54. The number of nitrogen functional groups attached to an aromatic ring is 1. The highest BCUT2D eigenvalue weighted by Gasteiger charge is 2.33. The van der Waals surface area contributed by atoms with E-state index in [1.165, 1.54) is 19.3 Å². The topological polar surface area (TPSA) is 57.9 Å². The van der Waals surface area contributed by atoms with Crippen molar-refractivity contribution >= 4 is 5.82 Å². The van der Waals surface area contributed by atoms with E-state index in [0.717, 1.165) is 17.9 Å². The maximum atomic E-state index is 5.93. The molecule has 3 N–H and O–H groups in total. The molecule has 0 aromatic carbocycles. The molecule has 1 aromatic rings. The van der Waals surface area contributed by atoms with Crippen molar-refractivity contribution in [1.29, 1.82) is 0 Å². The zero-order chi connectivity index (χ0) is 11.8. The summed E-state index contributed by atoms with van der Waals surface area (Å²) < 4.78 is 0. The van der Waals surface area contributed by atoms with Crippen LogP contribution in [0.15, 0.2) is 6.20 Å². The molecule has 0 saturated carbocycles. The number of nitrogens with two attached hydrogens (primary N) is 1. The lowest BCUT2D eigenvalue weighted by atomic mass is 9.91. The first-order chi connectivity index (χ1) is 7.50. The van der Waals surface area contributed by atoms with Gasteiger partial charge in [0.15, 0.2) is 0 Å². The van der Waals surface area contributed by atoms with Crippen molar-refractivity contribution in [2.75, 3.05) is 12.3 Å². The Balaban J connectivity index is 2.27. The normalized spacial score (nSPS) is 23.6. The maximum absolute atomic E-state index is 5.93. The molecular formula is C12H22N4. The van der Waals surface area contributed by atoms with Gasteiger partial charge in [0, 0.05) is 17.1 Å². The predicted octanol–water partition coefficient (Wildman–Crippen LogP) is 2.32. The summed E-state index contributed by atoms with van der Waals surface area (Å²) >= 11 is 0. The van der Waals surface area contributed by atoms with Crippen LogP contribution in [0, 0.1) is 0 Å². The molecule has 0 amide bonds. The Morgan fingerprint density at radius 1 is 1.44 bits per heavy atom. The Morgan fingerprint density at radius 3 is 2.75 bits per heavy atom. The van der Waals surface area contributed by atoms with Gasteiger partial charge in [-0.1, -0.05) is 6.42 Å². The summed E-state index contributed by atoms with van der Waals surface area (Å²) in [5.41, 5.74) is 7.28. The standard InChI is InChI=1S/C12H22N4/c1-12(2,3)16-7-5-4-6-10(16)9-8-14-15-11(9)13/h8,10H,4-7H2,1-3H3,(H3,13,14,15). The van der Waals surface area contributed by atoms with Crippen LogP contribution in [0.2, 0.25) is 0 Å². The number of rotatable bonds is 1. The van der Waals surface area contributed by atoms with Gasteiger partial charge in [0.05, 0.1) is 6.20 Å². The van der Waals surface area contributed by atoms with Gasteiger partial charge in [0.1, 0.15) is 5.82 Å². The van der Waals surface area contributed by atoms with Crippen molar-refractivity contribution in [3.05, 3.63) is 11.8 Å². The monoisotopic (exact) mass is 222 g/mol. The molecule has 4 heteroatoms. The predicted molar refractivity (Wildman–Crippen MR) is 66.1 cm³/mol. The van der Waals surface area contributed by atoms with E-state index >= 15 is 0 Å². The number of likely N-dealkylation sites (tertiary alicyclic amines) is 1. The van der Waals surface area contributed by atoms with Gasteiger partial charge < -0.3 is 5.73 Å². The summed E-state index contributed by atoms with van der Waals surface area (Å²) in [5, 5.41) is 6.88. The number of piperidine rings is 1. The number of aromatic nitrogens is 2. The summed E-state index contributed by atoms with van der Waals surface area (Å²) in [5.74, 6) is 0.723. The molecule has 0 aliphatic carbocycles. The number of nitrogens with one attached hydrogen (secondary N) is 1. The first kappa shape index (κ1) is 11.5. The molecule has 2 heterocycles. The Hall–Kier alpha value is -1.03. The first-order valence-corrected chi connectivity index (χ1v) is 6.05. The van der Waals surface area contributed by atoms with Crippen LogP contribution in [0.1, 0.15) is 51.6 Å². The number of anilines is 1. The molecule has 1 aliphatic heterocycles. The van der Waals surface area contributed by atoms with Crippen molar-refractivity contribution in [3.8, 4) is 0 Å². The van der Waals surface area contributed by atoms with Crippen LogP contribution >= 0.6 is 0 Å². The lowest BCUT2D eigenvalue weighted by Crippen LogP contribution is -2.46. The largest absolute Gasteiger partial charge is 0.384 e. The lowest BCUT2D eigenvalue weighted by Gasteiger charge is -2.44. The average Bonchev–Trinajstić information content (AvgIpc) is 2.63. The quantitative estimate of drug-likeness (QED) is 0.766. The van der Waals surface area contributed by atoms with E-state index in [1.54, 1.807) is 0 Å². The van der Waals surface area contributed by atoms with Gasteiger partial charge in [0.2, 0.25) is 0 Å². The highest BCUT2D eigenvalue weighted by molar-refractivity contribution is 5.39. The van der Waals surface area contributed by atoms with E-state index in [4.69, 9.17) is 5.73 Å². The molecule has 1 fully saturated rings. The van der Waals surface area contributed by atoms with Crippen LogP contribution in [-0.4, -0.2) is 27.2 Å². The number of hydrogen-bond acceptors (Lipinski definition) is 3. The minimum atomic E-state index is 0.189. The summed E-state index contributed by atoms with van der Waals surface area (Å²) in [6, 6.07) is 0.424. The van der Waals surface area contributed by atoms with Gasteiger partial charge in [0.25, 0.3) is 0 Å². The van der Waals surface area contributed by atoms with Gasteiger partial charge in [-0.3, -0.25) is 10.00 Å². The zero-order valence-electron chi connectivity index (χ0n) is 10.5. The van der Waals surface area contributed by atoms with Crippen LogP contribution in [0.25, 0.3) is 0 Å². The van der Waals surface area contributed by atoms with Crippen LogP contribution in [0.4, 0.5) is 5.82 Å². The van der Waals surface area contributed by atoms with Crippen LogP contribution in [-0.2, 0) is 0 Å². The van der Waals surface area contributed by atoms with E-state index in [1.807, 2.05) is 6.20 Å². The minimum Gasteiger partial charge on any atom is -0.384 e. The first-order valence-electron chi connectivity index (χ1n) is 6.05. The van der Waals surface area contributed by atoms with Crippen LogP contribution < -0.4 is 5.73 Å². The van der Waals surface area contributed by atoms with Crippen LogP contribution in [0.5, 0.6) is 0 Å². The van der Waals surface area contributed by atoms with E-state index in [2.05, 4.69) is 35.9 Å². The lowest BCUT2D eigenvalue weighted by molar-refractivity contribution is 0.0513. The molecule has 0 spiro atoms. The summed E-state index contributed by atoms with van der Waals surface area (Å²) in [6.07, 6.45) is 5.62. The molecular weight excluding hydrogens is 200 g/mol. The number of hydrogen-bond donors (Lipinski definition) is 2. The maximum Gasteiger partial charge on any atom is 0.123 e. The molecule has 1 saturated heterocycles. The van der Waals surface area contributed by atoms with Gasteiger partial charge in [-0.05, 0) is 40.2 Å². The van der Waals surface area contributed by atoms with Crippen LogP contribution in [0.3, 0.4) is 0 Å². The highest BCUT2D eigenvalue weighted by Crippen LogP contribution is 2.37. The highest BCUT2D eigenvalue weighted by atomic mass is 15.2. The Kier molecular flexibility index (Phi) is 2.93. The second kappa shape index (κ2) is 4.09. The Morgan fingerprint density at radius 2 is 2.19 bits per heavy atom. The molecule has 1 unspecified atom stereocenters. The van der Waals surface area contributed by atoms with Crippen molar-refractivity contribution < 1.29 is 0 Å². The molecule has 1 aliphatic rings. The van der Waals surface area contributed by atoms with E-state index in [-0.39, 0.29) is 5.54 Å². The van der Waals surface area contributed by atoms with E-state index < -0.39 is 0 Å². The third-order valence-corrected chi connectivity index (χ3v) is 3.42. The zero-order valence-corrected chi connectivity index (χ0v) is 10.5. The average molecular weight is 222 g/mol. The summed E-state index contributed by atoms with van der Waals surface area (Å²) in [7, 11) is 0. The van der Waals surface area contributed by atoms with Gasteiger partial charge in [-0.25, -0.2) is 0 Å². The smallest absolute Gasteiger partial charge is 0.123 e. The van der Waals surface area contributed by atoms with Crippen molar-refractivity contribution in [2.45, 2.75) is 51.6 Å². The molecule has 0 radical (unpaired) electrons. The van der Waals surface area contributed by atoms with Gasteiger partial charge in [-0.2, -0.15) is 5.10 Å². The fourth-order valence-electron chi connectivity index (χ4n) is 2.63. The number of H-pyrrole nitrogens is 1. The van der Waals surface area contributed by atoms with E-state index in [0.29, 0.717) is 6.04 Å². The van der Waals surface area contributed by atoms with Crippen molar-refractivity contribution in [3.63, 3.8) is 0 Å². The fraction of sp³-hybridized carbons (Fsp3) is 0.750. The minimum absolute atomic E-state index is 0.189. The molecule has 1 atom stereocenters. The fourth-order valence-corrected chi connectivity index (χ4v) is 2.63. The van der Waals surface area contributed by atoms with Crippen molar-refractivity contribution in [1.82, 2.24) is 15.1 Å². The Labute approximate surface area is 97.2 Å². The number of aromatic amines is 1. The third kappa shape index (κ3) is 2.07. The molecule has 1 aromatic heterocycles. The second-order valence-corrected chi connectivity index (χ2v) is 5.61. The van der Waals surface area contributed by atoms with Crippen molar-refractivity contribution in [2.24, 2.45) is 0 Å².